The number of benzene rings is 1. The van der Waals surface area contributed by atoms with E-state index < -0.39 is 8.32 Å². The van der Waals surface area contributed by atoms with E-state index in [0.29, 0.717) is 11.6 Å². The summed E-state index contributed by atoms with van der Waals surface area (Å²) in [6.45, 7) is 16.8. The Hall–Kier alpha value is -1.65. The lowest BCUT2D eigenvalue weighted by molar-refractivity contribution is -0.114. The maximum Gasteiger partial charge on any atom is 0.250 e. The van der Waals surface area contributed by atoms with Gasteiger partial charge >= 0.3 is 0 Å². The van der Waals surface area contributed by atoms with Crippen LogP contribution in [0.15, 0.2) is 53.1 Å². The minimum atomic E-state index is -1.90. The minimum absolute atomic E-state index is 0.0328. The van der Waals surface area contributed by atoms with Crippen LogP contribution in [0.5, 0.6) is 5.75 Å². The molecule has 1 rings (SSSR count). The molecular formula is C23H34ClNO2Si. The molecule has 3 nitrogen and oxygen atoms in total. The van der Waals surface area contributed by atoms with Crippen molar-refractivity contribution in [1.82, 2.24) is 0 Å². The summed E-state index contributed by atoms with van der Waals surface area (Å²) in [6, 6.07) is 7.69. The molecule has 0 heterocycles. The third kappa shape index (κ3) is 7.76. The second-order valence-corrected chi connectivity index (χ2v) is 13.7. The summed E-state index contributed by atoms with van der Waals surface area (Å²) in [5.41, 5.74) is 1.87. The van der Waals surface area contributed by atoms with Gasteiger partial charge in [-0.25, -0.2) is 0 Å². The van der Waals surface area contributed by atoms with Gasteiger partial charge in [0.05, 0.1) is 6.04 Å². The molecule has 0 saturated carbocycles. The third-order valence-electron chi connectivity index (χ3n) is 5.09. The maximum absolute atomic E-state index is 12.3. The first kappa shape index (κ1) is 24.4. The standard InChI is InChI=1S/C23H34ClNO2Si/c1-9-17(2)22(24)25-18(3)13-14-20(26)15-19-11-10-12-21(16-19)27-28(7,8)23(4,5)6/h9-14,16,18H,15H2,1-8H3/b14-13-,17-9+,25-22?. The molecule has 0 aliphatic carbocycles. The van der Waals surface area contributed by atoms with Gasteiger partial charge in [-0.15, -0.1) is 0 Å². The number of nitrogens with zero attached hydrogens (tertiary/aromatic N) is 1. The molecule has 0 saturated heterocycles. The van der Waals surface area contributed by atoms with Crippen LogP contribution in [0, 0.1) is 0 Å². The Labute approximate surface area is 176 Å². The fourth-order valence-corrected chi connectivity index (χ4v) is 3.40. The summed E-state index contributed by atoms with van der Waals surface area (Å²) >= 11 is 6.13. The molecule has 0 aliphatic heterocycles. The van der Waals surface area contributed by atoms with E-state index in [9.17, 15) is 4.79 Å². The van der Waals surface area contributed by atoms with Gasteiger partial charge in [0.25, 0.3) is 0 Å². The van der Waals surface area contributed by atoms with Crippen molar-refractivity contribution >= 4 is 30.9 Å². The second-order valence-electron chi connectivity index (χ2n) is 8.64. The number of rotatable bonds is 8. The van der Waals surface area contributed by atoms with Gasteiger partial charge in [-0.1, -0.05) is 56.7 Å². The monoisotopic (exact) mass is 419 g/mol. The highest BCUT2D eigenvalue weighted by Gasteiger charge is 2.38. The molecule has 0 aromatic heterocycles. The Kier molecular flexibility index (Phi) is 8.90. The number of ketones is 1. The highest BCUT2D eigenvalue weighted by atomic mass is 35.5. The highest BCUT2D eigenvalue weighted by molar-refractivity contribution is 6.74. The lowest BCUT2D eigenvalue weighted by atomic mass is 10.1. The second kappa shape index (κ2) is 10.2. The van der Waals surface area contributed by atoms with Crippen LogP contribution in [0.2, 0.25) is 18.1 Å². The first-order valence-electron chi connectivity index (χ1n) is 9.71. The van der Waals surface area contributed by atoms with Gasteiger partial charge < -0.3 is 4.43 Å². The summed E-state index contributed by atoms with van der Waals surface area (Å²) < 4.78 is 6.34. The van der Waals surface area contributed by atoms with E-state index in [2.05, 4.69) is 38.9 Å². The molecule has 1 aromatic carbocycles. The van der Waals surface area contributed by atoms with Crippen LogP contribution in [0.1, 0.15) is 47.1 Å². The number of hydrogen-bond acceptors (Lipinski definition) is 3. The lowest BCUT2D eigenvalue weighted by Gasteiger charge is -2.36. The molecule has 1 unspecified atom stereocenters. The fraction of sp³-hybridized carbons (Fsp3) is 0.478. The molecule has 154 valence electrons. The topological polar surface area (TPSA) is 38.7 Å². The van der Waals surface area contributed by atoms with E-state index >= 15 is 0 Å². The van der Waals surface area contributed by atoms with E-state index in [4.69, 9.17) is 16.0 Å². The Morgan fingerprint density at radius 1 is 1.32 bits per heavy atom. The molecule has 1 aromatic rings. The van der Waals surface area contributed by atoms with Crippen LogP contribution in [-0.2, 0) is 11.2 Å². The van der Waals surface area contributed by atoms with E-state index in [1.807, 2.05) is 51.1 Å². The van der Waals surface area contributed by atoms with Crippen LogP contribution < -0.4 is 4.43 Å². The normalized spacial score (nSPS) is 15.0. The van der Waals surface area contributed by atoms with Crippen molar-refractivity contribution in [3.05, 3.63) is 53.6 Å². The molecule has 0 bridgehead atoms. The fourth-order valence-electron chi connectivity index (χ4n) is 2.12. The summed E-state index contributed by atoms with van der Waals surface area (Å²) in [6.07, 6.45) is 5.61. The van der Waals surface area contributed by atoms with Crippen molar-refractivity contribution < 1.29 is 9.22 Å². The Bertz CT molecular complexity index is 773. The molecule has 0 amide bonds. The van der Waals surface area contributed by atoms with E-state index in [1.54, 1.807) is 12.2 Å². The van der Waals surface area contributed by atoms with Crippen molar-refractivity contribution in [2.45, 2.75) is 72.1 Å². The van der Waals surface area contributed by atoms with Crippen LogP contribution in [0.3, 0.4) is 0 Å². The van der Waals surface area contributed by atoms with Crippen molar-refractivity contribution in [1.29, 1.82) is 0 Å². The summed E-state index contributed by atoms with van der Waals surface area (Å²) in [5, 5.41) is 0.604. The van der Waals surface area contributed by atoms with Crippen molar-refractivity contribution in [3.63, 3.8) is 0 Å². The van der Waals surface area contributed by atoms with Gasteiger partial charge in [0.1, 0.15) is 10.9 Å². The zero-order chi connectivity index (χ0) is 21.5. The molecule has 0 N–H and O–H groups in total. The van der Waals surface area contributed by atoms with Gasteiger partial charge in [-0.3, -0.25) is 9.79 Å². The smallest absolute Gasteiger partial charge is 0.250 e. The van der Waals surface area contributed by atoms with Crippen LogP contribution in [-0.4, -0.2) is 25.3 Å². The van der Waals surface area contributed by atoms with E-state index in [-0.39, 0.29) is 16.9 Å². The van der Waals surface area contributed by atoms with Crippen LogP contribution >= 0.6 is 11.6 Å². The third-order valence-corrected chi connectivity index (χ3v) is 9.85. The summed E-state index contributed by atoms with van der Waals surface area (Å²) in [5.74, 6) is 0.873. The average molecular weight is 420 g/mol. The number of halogens is 1. The number of aliphatic imine (C=N–C) groups is 1. The Balaban J connectivity index is 2.78. The lowest BCUT2D eigenvalue weighted by Crippen LogP contribution is -2.43. The average Bonchev–Trinajstić information content (AvgIpc) is 2.58. The zero-order valence-corrected chi connectivity index (χ0v) is 20.2. The highest BCUT2D eigenvalue weighted by Crippen LogP contribution is 2.37. The largest absolute Gasteiger partial charge is 0.543 e. The van der Waals surface area contributed by atoms with Crippen molar-refractivity contribution in [2.75, 3.05) is 0 Å². The molecule has 0 fully saturated rings. The van der Waals surface area contributed by atoms with E-state index in [0.717, 1.165) is 16.9 Å². The van der Waals surface area contributed by atoms with Gasteiger partial charge in [0.2, 0.25) is 8.32 Å². The zero-order valence-electron chi connectivity index (χ0n) is 18.5. The van der Waals surface area contributed by atoms with Gasteiger partial charge in [-0.2, -0.15) is 0 Å². The number of hydrogen-bond donors (Lipinski definition) is 0. The predicted molar refractivity (Wildman–Crippen MR) is 124 cm³/mol. The van der Waals surface area contributed by atoms with Crippen molar-refractivity contribution in [3.8, 4) is 5.75 Å². The molecule has 5 heteroatoms. The van der Waals surface area contributed by atoms with Gasteiger partial charge in [-0.05, 0) is 68.2 Å². The predicted octanol–water partition coefficient (Wildman–Crippen LogP) is 6.73. The summed E-state index contributed by atoms with van der Waals surface area (Å²) in [7, 11) is -1.90. The van der Waals surface area contributed by atoms with Crippen LogP contribution in [0.25, 0.3) is 0 Å². The van der Waals surface area contributed by atoms with Crippen molar-refractivity contribution in [2.24, 2.45) is 4.99 Å². The maximum atomic E-state index is 12.3. The molecule has 0 spiro atoms. The molecular weight excluding hydrogens is 386 g/mol. The molecule has 0 radical (unpaired) electrons. The number of allylic oxidation sites excluding steroid dienone is 3. The minimum Gasteiger partial charge on any atom is -0.543 e. The molecule has 28 heavy (non-hydrogen) atoms. The number of carbonyl (C=O) groups excluding carboxylic acids is 1. The first-order chi connectivity index (χ1) is 12.9. The first-order valence-corrected chi connectivity index (χ1v) is 13.0. The summed E-state index contributed by atoms with van der Waals surface area (Å²) in [4.78, 5) is 16.7. The SMILES string of the molecule is C/C=C(\C)C(Cl)=NC(C)/C=C\C(=O)Cc1cccc(O[Si](C)(C)C(C)(C)C)c1. The molecule has 0 aliphatic rings. The van der Waals surface area contributed by atoms with E-state index in [1.165, 1.54) is 0 Å². The number of carbonyl (C=O) groups is 1. The van der Waals surface area contributed by atoms with Crippen LogP contribution in [0.4, 0.5) is 0 Å². The molecule has 1 atom stereocenters. The Morgan fingerprint density at radius 3 is 2.54 bits per heavy atom. The quantitative estimate of drug-likeness (QED) is 0.266. The van der Waals surface area contributed by atoms with Gasteiger partial charge in [0, 0.05) is 6.42 Å². The Morgan fingerprint density at radius 2 is 1.96 bits per heavy atom. The van der Waals surface area contributed by atoms with Gasteiger partial charge in [0.15, 0.2) is 5.78 Å².